The standard InChI is InChI=1S/C14H16F3N3O/c1-13(2,3)12-11(8-21)18-19-20(12)10-6-4-5-9(7-10)14(15,16)17/h4-7,21H,8H2,1-3H3. The minimum absolute atomic E-state index is 0.266. The summed E-state index contributed by atoms with van der Waals surface area (Å²) >= 11 is 0. The highest BCUT2D eigenvalue weighted by molar-refractivity contribution is 5.39. The van der Waals surface area contributed by atoms with Gasteiger partial charge in [0.1, 0.15) is 5.69 Å². The van der Waals surface area contributed by atoms with Crippen LogP contribution in [0, 0.1) is 0 Å². The molecule has 0 saturated carbocycles. The first kappa shape index (κ1) is 15.5. The highest BCUT2D eigenvalue weighted by Gasteiger charge is 2.31. The summed E-state index contributed by atoms with van der Waals surface area (Å²) in [7, 11) is 0. The van der Waals surface area contributed by atoms with Crippen molar-refractivity contribution in [1.82, 2.24) is 15.0 Å². The Morgan fingerprint density at radius 1 is 1.19 bits per heavy atom. The topological polar surface area (TPSA) is 50.9 Å². The van der Waals surface area contributed by atoms with Crippen molar-refractivity contribution >= 4 is 0 Å². The summed E-state index contributed by atoms with van der Waals surface area (Å²) in [6.07, 6.45) is -4.42. The second-order valence-electron chi connectivity index (χ2n) is 5.75. The number of halogens is 3. The Morgan fingerprint density at radius 2 is 1.86 bits per heavy atom. The summed E-state index contributed by atoms with van der Waals surface area (Å²) < 4.78 is 39.8. The lowest BCUT2D eigenvalue weighted by Gasteiger charge is -2.21. The molecule has 1 aromatic heterocycles. The van der Waals surface area contributed by atoms with Gasteiger partial charge in [0.15, 0.2) is 0 Å². The van der Waals surface area contributed by atoms with Gasteiger partial charge < -0.3 is 5.11 Å². The van der Waals surface area contributed by atoms with E-state index in [1.54, 1.807) is 0 Å². The number of hydrogen-bond donors (Lipinski definition) is 1. The summed E-state index contributed by atoms with van der Waals surface area (Å²) in [5.41, 5.74) is 0.0441. The van der Waals surface area contributed by atoms with Gasteiger partial charge in [-0.25, -0.2) is 4.68 Å². The zero-order chi connectivity index (χ0) is 15.8. The predicted octanol–water partition coefficient (Wildman–Crippen LogP) is 3.08. The van der Waals surface area contributed by atoms with Crippen LogP contribution in [-0.2, 0) is 18.2 Å². The van der Waals surface area contributed by atoms with E-state index in [2.05, 4.69) is 10.3 Å². The number of aliphatic hydroxyl groups excluding tert-OH is 1. The highest BCUT2D eigenvalue weighted by Crippen LogP contribution is 2.32. The smallest absolute Gasteiger partial charge is 0.390 e. The molecule has 0 fully saturated rings. The normalized spacial score (nSPS) is 12.7. The molecule has 1 heterocycles. The molecule has 2 aromatic rings. The lowest BCUT2D eigenvalue weighted by Crippen LogP contribution is -2.20. The zero-order valence-electron chi connectivity index (χ0n) is 11.9. The fourth-order valence-electron chi connectivity index (χ4n) is 2.16. The Labute approximate surface area is 120 Å². The largest absolute Gasteiger partial charge is 0.416 e. The monoisotopic (exact) mass is 299 g/mol. The van der Waals surface area contributed by atoms with Crippen LogP contribution in [0.25, 0.3) is 5.69 Å². The number of aliphatic hydroxyl groups is 1. The molecule has 0 aliphatic heterocycles. The third kappa shape index (κ3) is 3.07. The molecule has 21 heavy (non-hydrogen) atoms. The molecule has 2 rings (SSSR count). The Hall–Kier alpha value is -1.89. The van der Waals surface area contributed by atoms with Gasteiger partial charge in [-0.05, 0) is 18.2 Å². The molecular formula is C14H16F3N3O. The molecule has 4 nitrogen and oxygen atoms in total. The molecule has 7 heteroatoms. The molecular weight excluding hydrogens is 283 g/mol. The third-order valence-electron chi connectivity index (χ3n) is 3.02. The van der Waals surface area contributed by atoms with Crippen LogP contribution in [0.15, 0.2) is 24.3 Å². The third-order valence-corrected chi connectivity index (χ3v) is 3.02. The summed E-state index contributed by atoms with van der Waals surface area (Å²) in [6, 6.07) is 4.88. The first-order valence-corrected chi connectivity index (χ1v) is 6.38. The second kappa shape index (κ2) is 5.14. The molecule has 1 N–H and O–H groups in total. The highest BCUT2D eigenvalue weighted by atomic mass is 19.4. The van der Waals surface area contributed by atoms with E-state index in [1.165, 1.54) is 16.8 Å². The molecule has 0 bridgehead atoms. The van der Waals surface area contributed by atoms with E-state index in [0.717, 1.165) is 12.1 Å². The van der Waals surface area contributed by atoms with Gasteiger partial charge in [-0.3, -0.25) is 0 Å². The van der Waals surface area contributed by atoms with Crippen molar-refractivity contribution in [2.24, 2.45) is 0 Å². The number of alkyl halides is 3. The fourth-order valence-corrected chi connectivity index (χ4v) is 2.16. The number of benzene rings is 1. The van der Waals surface area contributed by atoms with Gasteiger partial charge in [0.05, 0.1) is 23.6 Å². The van der Waals surface area contributed by atoms with Gasteiger partial charge in [0, 0.05) is 5.41 Å². The van der Waals surface area contributed by atoms with Crippen molar-refractivity contribution in [3.05, 3.63) is 41.2 Å². The van der Waals surface area contributed by atoms with Crippen LogP contribution in [-0.4, -0.2) is 20.1 Å². The first-order valence-electron chi connectivity index (χ1n) is 6.38. The summed E-state index contributed by atoms with van der Waals surface area (Å²) in [6.45, 7) is 5.34. The first-order chi connectivity index (χ1) is 9.64. The molecule has 0 unspecified atom stereocenters. The average Bonchev–Trinajstić information content (AvgIpc) is 2.81. The van der Waals surface area contributed by atoms with Crippen LogP contribution in [0.5, 0.6) is 0 Å². The minimum Gasteiger partial charge on any atom is -0.390 e. The van der Waals surface area contributed by atoms with E-state index >= 15 is 0 Å². The van der Waals surface area contributed by atoms with Crippen LogP contribution < -0.4 is 0 Å². The van der Waals surface area contributed by atoms with E-state index < -0.39 is 17.2 Å². The molecule has 0 amide bonds. The van der Waals surface area contributed by atoms with E-state index in [4.69, 9.17) is 0 Å². The Morgan fingerprint density at radius 3 is 2.38 bits per heavy atom. The Balaban J connectivity index is 2.61. The molecule has 0 saturated heterocycles. The van der Waals surface area contributed by atoms with E-state index in [1.807, 2.05) is 20.8 Å². The summed E-state index contributed by atoms with van der Waals surface area (Å²) in [5, 5.41) is 17.1. The molecule has 0 radical (unpaired) electrons. The summed E-state index contributed by atoms with van der Waals surface area (Å²) in [4.78, 5) is 0. The van der Waals surface area contributed by atoms with Crippen molar-refractivity contribution in [1.29, 1.82) is 0 Å². The Kier molecular flexibility index (Phi) is 3.79. The van der Waals surface area contributed by atoms with Crippen LogP contribution in [0.1, 0.15) is 37.7 Å². The number of hydrogen-bond acceptors (Lipinski definition) is 3. The van der Waals surface area contributed by atoms with E-state index in [0.29, 0.717) is 11.4 Å². The SMILES string of the molecule is CC(C)(C)c1c(CO)nnn1-c1cccc(C(F)(F)F)c1. The molecule has 0 aliphatic carbocycles. The number of nitrogens with zero attached hydrogens (tertiary/aromatic N) is 3. The second-order valence-corrected chi connectivity index (χ2v) is 5.75. The van der Waals surface area contributed by atoms with Crippen LogP contribution in [0.2, 0.25) is 0 Å². The lowest BCUT2D eigenvalue weighted by atomic mass is 9.90. The molecule has 1 aromatic carbocycles. The minimum atomic E-state index is -4.42. The number of rotatable bonds is 2. The molecule has 0 aliphatic rings. The van der Waals surface area contributed by atoms with Gasteiger partial charge in [0.25, 0.3) is 0 Å². The maximum absolute atomic E-state index is 12.8. The molecule has 0 atom stereocenters. The Bertz CT molecular complexity index is 642. The summed E-state index contributed by atoms with van der Waals surface area (Å²) in [5.74, 6) is 0. The van der Waals surface area contributed by atoms with Crippen molar-refractivity contribution < 1.29 is 18.3 Å². The number of aromatic nitrogens is 3. The van der Waals surface area contributed by atoms with Gasteiger partial charge in [-0.1, -0.05) is 32.1 Å². The van der Waals surface area contributed by atoms with Crippen LogP contribution >= 0.6 is 0 Å². The molecule has 114 valence electrons. The van der Waals surface area contributed by atoms with E-state index in [-0.39, 0.29) is 12.3 Å². The van der Waals surface area contributed by atoms with Crippen molar-refractivity contribution in [2.75, 3.05) is 0 Å². The van der Waals surface area contributed by atoms with Crippen molar-refractivity contribution in [2.45, 2.75) is 39.0 Å². The lowest BCUT2D eigenvalue weighted by molar-refractivity contribution is -0.137. The maximum Gasteiger partial charge on any atom is 0.416 e. The predicted molar refractivity (Wildman–Crippen MR) is 71.0 cm³/mol. The van der Waals surface area contributed by atoms with Gasteiger partial charge >= 0.3 is 6.18 Å². The van der Waals surface area contributed by atoms with Crippen LogP contribution in [0.3, 0.4) is 0 Å². The quantitative estimate of drug-likeness (QED) is 0.927. The molecule has 0 spiro atoms. The fraction of sp³-hybridized carbons (Fsp3) is 0.429. The van der Waals surface area contributed by atoms with Gasteiger partial charge in [-0.15, -0.1) is 5.10 Å². The zero-order valence-corrected chi connectivity index (χ0v) is 11.9. The van der Waals surface area contributed by atoms with Crippen molar-refractivity contribution in [3.63, 3.8) is 0 Å². The van der Waals surface area contributed by atoms with E-state index in [9.17, 15) is 18.3 Å². The van der Waals surface area contributed by atoms with Crippen LogP contribution in [0.4, 0.5) is 13.2 Å². The maximum atomic E-state index is 12.8. The van der Waals surface area contributed by atoms with Crippen molar-refractivity contribution in [3.8, 4) is 5.69 Å². The van der Waals surface area contributed by atoms with Gasteiger partial charge in [0.2, 0.25) is 0 Å². The van der Waals surface area contributed by atoms with Gasteiger partial charge in [-0.2, -0.15) is 13.2 Å². The average molecular weight is 299 g/mol.